The molecule has 0 saturated heterocycles. The van der Waals surface area contributed by atoms with Crippen molar-refractivity contribution in [3.8, 4) is 5.75 Å². The highest BCUT2D eigenvalue weighted by atomic mass is 19.4. The van der Waals surface area contributed by atoms with Gasteiger partial charge in [-0.25, -0.2) is 0 Å². The van der Waals surface area contributed by atoms with Gasteiger partial charge in [-0.15, -0.1) is 0 Å². The van der Waals surface area contributed by atoms with Crippen molar-refractivity contribution in [3.63, 3.8) is 0 Å². The zero-order chi connectivity index (χ0) is 12.7. The van der Waals surface area contributed by atoms with E-state index in [1.54, 1.807) is 0 Å². The van der Waals surface area contributed by atoms with Gasteiger partial charge in [-0.1, -0.05) is 12.1 Å². The fourth-order valence-corrected chi connectivity index (χ4v) is 1.29. The molecule has 3 nitrogen and oxygen atoms in total. The fraction of sp³-hybridized carbons (Fsp3) is 0.455. The zero-order valence-electron chi connectivity index (χ0n) is 9.26. The molecule has 0 saturated carbocycles. The van der Waals surface area contributed by atoms with Gasteiger partial charge in [0.2, 0.25) is 0 Å². The quantitative estimate of drug-likeness (QED) is 0.752. The SMILES string of the molecule is NCCNCCOc1ccccc1C(F)(F)F. The summed E-state index contributed by atoms with van der Waals surface area (Å²) in [6.07, 6.45) is -4.39. The van der Waals surface area contributed by atoms with Crippen molar-refractivity contribution in [2.45, 2.75) is 6.18 Å². The Bertz CT molecular complexity index is 342. The average Bonchev–Trinajstić information content (AvgIpc) is 2.28. The molecule has 0 fully saturated rings. The van der Waals surface area contributed by atoms with Crippen LogP contribution in [0.2, 0.25) is 0 Å². The molecule has 0 spiro atoms. The van der Waals surface area contributed by atoms with Crippen LogP contribution in [0.4, 0.5) is 13.2 Å². The van der Waals surface area contributed by atoms with Gasteiger partial charge in [0.05, 0.1) is 5.56 Å². The highest BCUT2D eigenvalue weighted by molar-refractivity contribution is 5.35. The van der Waals surface area contributed by atoms with Crippen molar-refractivity contribution in [2.24, 2.45) is 5.73 Å². The predicted molar refractivity (Wildman–Crippen MR) is 58.9 cm³/mol. The summed E-state index contributed by atoms with van der Waals surface area (Å²) < 4.78 is 42.8. The molecule has 0 aliphatic carbocycles. The van der Waals surface area contributed by atoms with Crippen molar-refractivity contribution in [2.75, 3.05) is 26.2 Å². The molecule has 1 aromatic rings. The second kappa shape index (κ2) is 6.46. The summed E-state index contributed by atoms with van der Waals surface area (Å²) in [4.78, 5) is 0. The number of rotatable bonds is 6. The fourth-order valence-electron chi connectivity index (χ4n) is 1.29. The number of hydrogen-bond donors (Lipinski definition) is 2. The topological polar surface area (TPSA) is 47.3 Å². The maximum atomic E-state index is 12.6. The third-order valence-electron chi connectivity index (χ3n) is 2.05. The smallest absolute Gasteiger partial charge is 0.419 e. The molecule has 0 amide bonds. The Morgan fingerprint density at radius 3 is 2.53 bits per heavy atom. The second-order valence-corrected chi connectivity index (χ2v) is 3.38. The minimum atomic E-state index is -4.39. The van der Waals surface area contributed by atoms with Crippen molar-refractivity contribution in [3.05, 3.63) is 29.8 Å². The van der Waals surface area contributed by atoms with Crippen molar-refractivity contribution >= 4 is 0 Å². The average molecular weight is 248 g/mol. The van der Waals surface area contributed by atoms with Gasteiger partial charge in [0.25, 0.3) is 0 Å². The molecule has 0 bridgehead atoms. The van der Waals surface area contributed by atoms with E-state index in [4.69, 9.17) is 10.5 Å². The zero-order valence-corrected chi connectivity index (χ0v) is 9.26. The summed E-state index contributed by atoms with van der Waals surface area (Å²) in [5, 5.41) is 2.93. The lowest BCUT2D eigenvalue weighted by Gasteiger charge is -2.13. The van der Waals surface area contributed by atoms with E-state index in [0.717, 1.165) is 6.07 Å². The van der Waals surface area contributed by atoms with E-state index in [0.29, 0.717) is 19.6 Å². The molecule has 96 valence electrons. The van der Waals surface area contributed by atoms with Crippen LogP contribution in [0.1, 0.15) is 5.56 Å². The molecule has 1 rings (SSSR count). The minimum absolute atomic E-state index is 0.144. The molecule has 0 aliphatic heterocycles. The van der Waals surface area contributed by atoms with Gasteiger partial charge in [-0.05, 0) is 12.1 Å². The summed E-state index contributed by atoms with van der Waals surface area (Å²) >= 11 is 0. The van der Waals surface area contributed by atoms with Crippen LogP contribution in [0, 0.1) is 0 Å². The number of ether oxygens (including phenoxy) is 1. The number of hydrogen-bond acceptors (Lipinski definition) is 3. The third-order valence-corrected chi connectivity index (χ3v) is 2.05. The molecule has 6 heteroatoms. The van der Waals surface area contributed by atoms with Crippen LogP contribution in [-0.4, -0.2) is 26.2 Å². The first kappa shape index (κ1) is 13.8. The van der Waals surface area contributed by atoms with Crippen LogP contribution in [-0.2, 0) is 6.18 Å². The van der Waals surface area contributed by atoms with Crippen LogP contribution in [0.5, 0.6) is 5.75 Å². The Kier molecular flexibility index (Phi) is 5.24. The van der Waals surface area contributed by atoms with E-state index in [2.05, 4.69) is 5.32 Å². The summed E-state index contributed by atoms with van der Waals surface area (Å²) in [7, 11) is 0. The Morgan fingerprint density at radius 2 is 1.88 bits per heavy atom. The van der Waals surface area contributed by atoms with E-state index < -0.39 is 11.7 Å². The van der Waals surface area contributed by atoms with E-state index in [-0.39, 0.29) is 12.4 Å². The summed E-state index contributed by atoms with van der Waals surface area (Å²) in [5.74, 6) is -0.144. The highest BCUT2D eigenvalue weighted by Crippen LogP contribution is 2.35. The van der Waals surface area contributed by atoms with Gasteiger partial charge in [0, 0.05) is 19.6 Å². The monoisotopic (exact) mass is 248 g/mol. The van der Waals surface area contributed by atoms with Gasteiger partial charge in [-0.2, -0.15) is 13.2 Å². The molecule has 0 heterocycles. The van der Waals surface area contributed by atoms with Crippen molar-refractivity contribution in [1.82, 2.24) is 5.32 Å². The lowest BCUT2D eigenvalue weighted by molar-refractivity contribution is -0.138. The normalized spacial score (nSPS) is 11.5. The Hall–Kier alpha value is -1.27. The van der Waals surface area contributed by atoms with Crippen molar-refractivity contribution < 1.29 is 17.9 Å². The molecule has 3 N–H and O–H groups in total. The number of halogens is 3. The predicted octanol–water partition coefficient (Wildman–Crippen LogP) is 1.63. The Labute approximate surface area is 97.8 Å². The molecule has 0 radical (unpaired) electrons. The molecule has 0 aliphatic rings. The third kappa shape index (κ3) is 4.62. The van der Waals surface area contributed by atoms with Gasteiger partial charge < -0.3 is 15.8 Å². The number of benzene rings is 1. The van der Waals surface area contributed by atoms with Crippen LogP contribution in [0.3, 0.4) is 0 Å². The number of para-hydroxylation sites is 1. The summed E-state index contributed by atoms with van der Waals surface area (Å²) in [6.45, 7) is 1.74. The number of alkyl halides is 3. The van der Waals surface area contributed by atoms with Crippen molar-refractivity contribution in [1.29, 1.82) is 0 Å². The van der Waals surface area contributed by atoms with E-state index in [1.807, 2.05) is 0 Å². The molecule has 17 heavy (non-hydrogen) atoms. The van der Waals surface area contributed by atoms with Gasteiger partial charge in [-0.3, -0.25) is 0 Å². The van der Waals surface area contributed by atoms with Crippen LogP contribution in [0.15, 0.2) is 24.3 Å². The van der Waals surface area contributed by atoms with Crippen LogP contribution in [0.25, 0.3) is 0 Å². The molecule has 0 aromatic heterocycles. The van der Waals surface area contributed by atoms with Gasteiger partial charge >= 0.3 is 6.18 Å². The maximum Gasteiger partial charge on any atom is 0.419 e. The first-order chi connectivity index (χ1) is 8.05. The minimum Gasteiger partial charge on any atom is -0.492 e. The second-order valence-electron chi connectivity index (χ2n) is 3.38. The number of nitrogens with two attached hydrogens (primary N) is 1. The van der Waals surface area contributed by atoms with Gasteiger partial charge in [0.15, 0.2) is 0 Å². The van der Waals surface area contributed by atoms with E-state index in [1.165, 1.54) is 18.2 Å². The highest BCUT2D eigenvalue weighted by Gasteiger charge is 2.33. The lowest BCUT2D eigenvalue weighted by atomic mass is 10.2. The van der Waals surface area contributed by atoms with Crippen LogP contribution >= 0.6 is 0 Å². The molecule has 1 aromatic carbocycles. The summed E-state index contributed by atoms with van der Waals surface area (Å²) in [5.41, 5.74) is 4.50. The standard InChI is InChI=1S/C11H15F3N2O/c12-11(13,14)9-3-1-2-4-10(9)17-8-7-16-6-5-15/h1-4,16H,5-8,15H2. The summed E-state index contributed by atoms with van der Waals surface area (Å²) in [6, 6.07) is 5.16. The first-order valence-electron chi connectivity index (χ1n) is 5.25. The maximum absolute atomic E-state index is 12.6. The molecule has 0 atom stereocenters. The number of nitrogens with one attached hydrogen (secondary N) is 1. The van der Waals surface area contributed by atoms with Crippen LogP contribution < -0.4 is 15.8 Å². The van der Waals surface area contributed by atoms with E-state index in [9.17, 15) is 13.2 Å². The first-order valence-corrected chi connectivity index (χ1v) is 5.25. The van der Waals surface area contributed by atoms with E-state index >= 15 is 0 Å². The Morgan fingerprint density at radius 1 is 1.18 bits per heavy atom. The largest absolute Gasteiger partial charge is 0.492 e. The molecule has 0 unspecified atom stereocenters. The molecular formula is C11H15F3N2O. The molecular weight excluding hydrogens is 233 g/mol. The lowest BCUT2D eigenvalue weighted by Crippen LogP contribution is -2.27. The van der Waals surface area contributed by atoms with Gasteiger partial charge in [0.1, 0.15) is 12.4 Å². The Balaban J connectivity index is 2.53.